The minimum atomic E-state index is 0.590. The number of rotatable bonds is 1. The summed E-state index contributed by atoms with van der Waals surface area (Å²) in [5, 5.41) is 4.16. The quantitative estimate of drug-likeness (QED) is 0.720. The molecule has 0 aromatic carbocycles. The number of aromatic nitrogens is 3. The van der Waals surface area contributed by atoms with Crippen LogP contribution in [0.1, 0.15) is 31.7 Å². The van der Waals surface area contributed by atoms with Gasteiger partial charge in [-0.1, -0.05) is 12.8 Å². The lowest BCUT2D eigenvalue weighted by molar-refractivity contribution is 0.456. The van der Waals surface area contributed by atoms with E-state index < -0.39 is 0 Å². The van der Waals surface area contributed by atoms with Crippen molar-refractivity contribution in [2.24, 2.45) is 0 Å². The maximum absolute atomic E-state index is 4.16. The smallest absolute Gasteiger partial charge is 0.195 e. The molecule has 60 valence electrons. The fourth-order valence-corrected chi connectivity index (χ4v) is 2.10. The van der Waals surface area contributed by atoms with Crippen LogP contribution in [0.4, 0.5) is 0 Å². The van der Waals surface area contributed by atoms with Crippen molar-refractivity contribution in [2.75, 3.05) is 0 Å². The van der Waals surface area contributed by atoms with Gasteiger partial charge in [-0.25, -0.2) is 9.67 Å². The van der Waals surface area contributed by atoms with Gasteiger partial charge in [0.05, 0.1) is 6.04 Å². The van der Waals surface area contributed by atoms with E-state index in [0.717, 1.165) is 4.73 Å². The molecule has 1 aromatic heterocycles. The van der Waals surface area contributed by atoms with Crippen LogP contribution in [-0.2, 0) is 0 Å². The van der Waals surface area contributed by atoms with Crippen molar-refractivity contribution in [2.45, 2.75) is 31.7 Å². The second-order valence-corrected chi connectivity index (χ2v) is 3.62. The topological polar surface area (TPSA) is 30.7 Å². The first-order chi connectivity index (χ1) is 5.38. The minimum absolute atomic E-state index is 0.590. The molecule has 3 nitrogen and oxygen atoms in total. The van der Waals surface area contributed by atoms with Crippen LogP contribution in [-0.4, -0.2) is 14.8 Å². The first-order valence-corrected chi connectivity index (χ1v) is 4.72. The van der Waals surface area contributed by atoms with Gasteiger partial charge in [0, 0.05) is 0 Å². The van der Waals surface area contributed by atoms with Crippen LogP contribution in [0.2, 0.25) is 0 Å². The molecule has 0 radical (unpaired) electrons. The molecule has 0 saturated heterocycles. The minimum Gasteiger partial charge on any atom is -0.237 e. The first-order valence-electron chi connectivity index (χ1n) is 3.93. The lowest BCUT2D eigenvalue weighted by atomic mass is 10.3. The predicted molar refractivity (Wildman–Crippen MR) is 45.2 cm³/mol. The SMILES string of the molecule is Brc1ncnn1C1CCCC1. The van der Waals surface area contributed by atoms with Crippen molar-refractivity contribution in [1.29, 1.82) is 0 Å². The third-order valence-electron chi connectivity index (χ3n) is 2.20. The highest BCUT2D eigenvalue weighted by Gasteiger charge is 2.19. The van der Waals surface area contributed by atoms with Gasteiger partial charge in [-0.2, -0.15) is 5.10 Å². The molecule has 0 amide bonds. The zero-order valence-electron chi connectivity index (χ0n) is 6.20. The van der Waals surface area contributed by atoms with Crippen LogP contribution in [0, 0.1) is 0 Å². The highest BCUT2D eigenvalue weighted by atomic mass is 79.9. The van der Waals surface area contributed by atoms with Gasteiger partial charge in [-0.05, 0) is 28.8 Å². The fourth-order valence-electron chi connectivity index (χ4n) is 1.63. The maximum Gasteiger partial charge on any atom is 0.195 e. The first kappa shape index (κ1) is 7.28. The zero-order valence-corrected chi connectivity index (χ0v) is 7.79. The Morgan fingerprint density at radius 1 is 1.45 bits per heavy atom. The molecule has 0 spiro atoms. The molecule has 1 aromatic rings. The van der Waals surface area contributed by atoms with E-state index in [0.29, 0.717) is 6.04 Å². The van der Waals surface area contributed by atoms with Crippen LogP contribution in [0.3, 0.4) is 0 Å². The lowest BCUT2D eigenvalue weighted by Gasteiger charge is -2.08. The van der Waals surface area contributed by atoms with Crippen LogP contribution in [0.15, 0.2) is 11.1 Å². The molecular weight excluding hydrogens is 206 g/mol. The number of halogens is 1. The van der Waals surface area contributed by atoms with E-state index in [1.54, 1.807) is 6.33 Å². The van der Waals surface area contributed by atoms with Crippen molar-refractivity contribution in [3.8, 4) is 0 Å². The highest BCUT2D eigenvalue weighted by Crippen LogP contribution is 2.30. The van der Waals surface area contributed by atoms with E-state index in [4.69, 9.17) is 0 Å². The van der Waals surface area contributed by atoms with Gasteiger partial charge in [-0.15, -0.1) is 0 Å². The van der Waals surface area contributed by atoms with Crippen molar-refractivity contribution in [1.82, 2.24) is 14.8 Å². The Morgan fingerprint density at radius 3 is 2.73 bits per heavy atom. The van der Waals surface area contributed by atoms with Crippen LogP contribution >= 0.6 is 15.9 Å². The average Bonchev–Trinajstić information content (AvgIpc) is 2.55. The van der Waals surface area contributed by atoms with Crippen molar-refractivity contribution in [3.63, 3.8) is 0 Å². The second kappa shape index (κ2) is 2.93. The third-order valence-corrected chi connectivity index (χ3v) is 2.77. The molecule has 1 heterocycles. The molecule has 2 rings (SSSR count). The molecule has 11 heavy (non-hydrogen) atoms. The molecule has 1 fully saturated rings. The highest BCUT2D eigenvalue weighted by molar-refractivity contribution is 9.10. The molecule has 0 aliphatic heterocycles. The molecule has 0 bridgehead atoms. The van der Waals surface area contributed by atoms with Crippen LogP contribution in [0.5, 0.6) is 0 Å². The normalized spacial score (nSPS) is 19.4. The number of hydrogen-bond acceptors (Lipinski definition) is 2. The summed E-state index contributed by atoms with van der Waals surface area (Å²) in [6.45, 7) is 0. The van der Waals surface area contributed by atoms with E-state index in [-0.39, 0.29) is 0 Å². The van der Waals surface area contributed by atoms with E-state index >= 15 is 0 Å². The summed E-state index contributed by atoms with van der Waals surface area (Å²) >= 11 is 3.37. The summed E-state index contributed by atoms with van der Waals surface area (Å²) in [5.41, 5.74) is 0. The Hall–Kier alpha value is -0.380. The number of nitrogens with zero attached hydrogens (tertiary/aromatic N) is 3. The summed E-state index contributed by atoms with van der Waals surface area (Å²) in [7, 11) is 0. The van der Waals surface area contributed by atoms with E-state index in [2.05, 4.69) is 26.0 Å². The summed E-state index contributed by atoms with van der Waals surface area (Å²) in [6, 6.07) is 0.590. The summed E-state index contributed by atoms with van der Waals surface area (Å²) in [6.07, 6.45) is 6.76. The predicted octanol–water partition coefficient (Wildman–Crippen LogP) is 2.16. The van der Waals surface area contributed by atoms with Crippen molar-refractivity contribution < 1.29 is 0 Å². The maximum atomic E-state index is 4.16. The summed E-state index contributed by atoms with van der Waals surface area (Å²) in [4.78, 5) is 4.03. The second-order valence-electron chi connectivity index (χ2n) is 2.91. The summed E-state index contributed by atoms with van der Waals surface area (Å²) < 4.78 is 2.84. The average molecular weight is 216 g/mol. The Labute approximate surface area is 73.9 Å². The molecule has 0 unspecified atom stereocenters. The molecule has 1 saturated carbocycles. The molecule has 0 atom stereocenters. The molecule has 1 aliphatic carbocycles. The molecule has 1 aliphatic rings. The van der Waals surface area contributed by atoms with Gasteiger partial charge < -0.3 is 0 Å². The zero-order chi connectivity index (χ0) is 7.68. The van der Waals surface area contributed by atoms with E-state index in [1.807, 2.05) is 4.68 Å². The third kappa shape index (κ3) is 1.31. The summed E-state index contributed by atoms with van der Waals surface area (Å²) in [5.74, 6) is 0. The molecule has 0 N–H and O–H groups in total. The van der Waals surface area contributed by atoms with Crippen LogP contribution < -0.4 is 0 Å². The van der Waals surface area contributed by atoms with Gasteiger partial charge in [0.2, 0.25) is 0 Å². The van der Waals surface area contributed by atoms with Crippen molar-refractivity contribution >= 4 is 15.9 Å². The van der Waals surface area contributed by atoms with E-state index in [1.165, 1.54) is 25.7 Å². The Kier molecular flexibility index (Phi) is 1.94. The monoisotopic (exact) mass is 215 g/mol. The molecule has 4 heteroatoms. The fraction of sp³-hybridized carbons (Fsp3) is 0.714. The Bertz CT molecular complexity index is 240. The van der Waals surface area contributed by atoms with Gasteiger partial charge in [-0.3, -0.25) is 0 Å². The van der Waals surface area contributed by atoms with Gasteiger partial charge >= 0.3 is 0 Å². The van der Waals surface area contributed by atoms with Gasteiger partial charge in [0.25, 0.3) is 0 Å². The van der Waals surface area contributed by atoms with Gasteiger partial charge in [0.1, 0.15) is 6.33 Å². The van der Waals surface area contributed by atoms with Gasteiger partial charge in [0.15, 0.2) is 4.73 Å². The Morgan fingerprint density at radius 2 is 2.18 bits per heavy atom. The van der Waals surface area contributed by atoms with E-state index in [9.17, 15) is 0 Å². The lowest BCUT2D eigenvalue weighted by Crippen LogP contribution is -2.06. The molecular formula is C7H10BrN3. The van der Waals surface area contributed by atoms with Crippen LogP contribution in [0.25, 0.3) is 0 Å². The Balaban J connectivity index is 2.21. The number of hydrogen-bond donors (Lipinski definition) is 0. The standard InChI is InChI=1S/C7H10BrN3/c8-7-9-5-10-11(7)6-3-1-2-4-6/h5-6H,1-4H2. The largest absolute Gasteiger partial charge is 0.237 e. The van der Waals surface area contributed by atoms with Crippen molar-refractivity contribution in [3.05, 3.63) is 11.1 Å².